The minimum atomic E-state index is -3.94. The number of hydrogen-bond acceptors (Lipinski definition) is 4. The summed E-state index contributed by atoms with van der Waals surface area (Å²) in [6, 6.07) is 9.81. The molecule has 130 valence electrons. The maximum atomic E-state index is 10.9. The van der Waals surface area contributed by atoms with Crippen molar-refractivity contribution in [2.75, 3.05) is 17.6 Å². The summed E-state index contributed by atoms with van der Waals surface area (Å²) < 4.78 is 32.4. The Morgan fingerprint density at radius 1 is 1.29 bits per heavy atom. The molecule has 6 nitrogen and oxygen atoms in total. The zero-order valence-electron chi connectivity index (χ0n) is 14.2. The van der Waals surface area contributed by atoms with E-state index in [1.807, 2.05) is 54.2 Å². The van der Waals surface area contributed by atoms with Gasteiger partial charge in [-0.2, -0.15) is 8.42 Å². The van der Waals surface area contributed by atoms with Crippen molar-refractivity contribution in [1.29, 1.82) is 0 Å². The first-order valence-electron chi connectivity index (χ1n) is 7.84. The summed E-state index contributed by atoms with van der Waals surface area (Å²) in [6.07, 6.45) is 4.13. The predicted octanol–water partition coefficient (Wildman–Crippen LogP) is 2.76. The molecular formula is C17H24N3O3S+. The van der Waals surface area contributed by atoms with Gasteiger partial charge in [-0.25, -0.2) is 0 Å². The van der Waals surface area contributed by atoms with Crippen molar-refractivity contribution in [3.63, 3.8) is 0 Å². The minimum Gasteiger partial charge on any atom is -0.361 e. The minimum absolute atomic E-state index is 0.229. The van der Waals surface area contributed by atoms with Crippen LogP contribution in [0.25, 0.3) is 0 Å². The van der Waals surface area contributed by atoms with Gasteiger partial charge >= 0.3 is 0 Å². The van der Waals surface area contributed by atoms with Gasteiger partial charge in [0.15, 0.2) is 6.54 Å². The van der Waals surface area contributed by atoms with Gasteiger partial charge in [0, 0.05) is 24.4 Å². The third-order valence-corrected chi connectivity index (χ3v) is 4.94. The first-order valence-corrected chi connectivity index (χ1v) is 9.45. The van der Waals surface area contributed by atoms with Crippen LogP contribution in [0.3, 0.4) is 0 Å². The third kappa shape index (κ3) is 4.75. The monoisotopic (exact) mass is 350 g/mol. The highest BCUT2D eigenvalue weighted by molar-refractivity contribution is 7.85. The molecule has 0 radical (unpaired) electrons. The molecule has 0 amide bonds. The fourth-order valence-electron chi connectivity index (χ4n) is 2.48. The normalized spacial score (nSPS) is 17.4. The summed E-state index contributed by atoms with van der Waals surface area (Å²) in [4.78, 5) is 0. The second kappa shape index (κ2) is 7.27. The van der Waals surface area contributed by atoms with Crippen LogP contribution in [0.15, 0.2) is 47.7 Å². The number of nitrogens with one attached hydrogen (secondary N) is 1. The Morgan fingerprint density at radius 2 is 1.96 bits per heavy atom. The summed E-state index contributed by atoms with van der Waals surface area (Å²) in [5.41, 5.74) is 2.71. The molecule has 1 aliphatic heterocycles. The van der Waals surface area contributed by atoms with E-state index in [-0.39, 0.29) is 11.2 Å². The summed E-state index contributed by atoms with van der Waals surface area (Å²) in [6.45, 7) is 6.56. The van der Waals surface area contributed by atoms with Crippen molar-refractivity contribution < 1.29 is 17.7 Å². The number of allylic oxidation sites excluding steroid dienone is 1. The van der Waals surface area contributed by atoms with Gasteiger partial charge in [-0.05, 0) is 38.0 Å². The number of anilines is 1. The molecule has 1 aromatic rings. The molecule has 2 N–H and O–H groups in total. The quantitative estimate of drug-likeness (QED) is 0.585. The smallest absolute Gasteiger partial charge is 0.265 e. The van der Waals surface area contributed by atoms with Gasteiger partial charge < -0.3 is 5.32 Å². The molecule has 0 spiro atoms. The van der Waals surface area contributed by atoms with Crippen LogP contribution >= 0.6 is 0 Å². The van der Waals surface area contributed by atoms with Crippen molar-refractivity contribution in [3.8, 4) is 0 Å². The average molecular weight is 350 g/mol. The summed E-state index contributed by atoms with van der Waals surface area (Å²) in [5, 5.41) is 7.74. The second-order valence-electron chi connectivity index (χ2n) is 6.30. The van der Waals surface area contributed by atoms with Gasteiger partial charge in [0.2, 0.25) is 5.71 Å². The van der Waals surface area contributed by atoms with Crippen LogP contribution < -0.4 is 5.32 Å². The van der Waals surface area contributed by atoms with Crippen LogP contribution in [-0.4, -0.2) is 41.4 Å². The Hall–Kier alpha value is -1.99. The van der Waals surface area contributed by atoms with E-state index in [1.165, 1.54) is 0 Å². The highest BCUT2D eigenvalue weighted by Crippen LogP contribution is 2.26. The Kier molecular flexibility index (Phi) is 5.56. The van der Waals surface area contributed by atoms with E-state index in [1.54, 1.807) is 0 Å². The first-order chi connectivity index (χ1) is 11.2. The topological polar surface area (TPSA) is 81.8 Å². The van der Waals surface area contributed by atoms with Crippen LogP contribution in [0.2, 0.25) is 0 Å². The summed E-state index contributed by atoms with van der Waals surface area (Å²) in [5.74, 6) is -0.266. The lowest BCUT2D eigenvalue weighted by Crippen LogP contribution is -2.30. The van der Waals surface area contributed by atoms with Crippen molar-refractivity contribution in [2.45, 2.75) is 27.2 Å². The molecule has 2 rings (SSSR count). The molecule has 0 saturated carbocycles. The molecule has 0 fully saturated rings. The van der Waals surface area contributed by atoms with Crippen molar-refractivity contribution in [1.82, 2.24) is 0 Å². The van der Waals surface area contributed by atoms with E-state index in [0.717, 1.165) is 17.1 Å². The van der Waals surface area contributed by atoms with E-state index in [4.69, 9.17) is 4.55 Å². The molecule has 0 bridgehead atoms. The number of hydrogen-bond donors (Lipinski definition) is 2. The van der Waals surface area contributed by atoms with Crippen LogP contribution in [0.1, 0.15) is 27.2 Å². The van der Waals surface area contributed by atoms with E-state index < -0.39 is 10.1 Å². The molecule has 0 saturated heterocycles. The molecule has 0 atom stereocenters. The number of para-hydroxylation sites is 1. The van der Waals surface area contributed by atoms with Crippen molar-refractivity contribution >= 4 is 27.2 Å². The van der Waals surface area contributed by atoms with Gasteiger partial charge in [0.25, 0.3) is 10.1 Å². The Labute approximate surface area is 143 Å². The highest BCUT2D eigenvalue weighted by Gasteiger charge is 2.41. The predicted molar refractivity (Wildman–Crippen MR) is 97.3 cm³/mol. The molecule has 24 heavy (non-hydrogen) atoms. The van der Waals surface area contributed by atoms with E-state index in [2.05, 4.69) is 24.3 Å². The SMILES string of the molecule is CC1=N[N+](CCCS(=O)(=O)O)=C(C=CNc2ccccc2)C1(C)C. The number of nitrogens with zero attached hydrogens (tertiary/aromatic N) is 2. The van der Waals surface area contributed by atoms with Crippen LogP contribution in [0, 0.1) is 5.41 Å². The van der Waals surface area contributed by atoms with Crippen LogP contribution in [-0.2, 0) is 10.1 Å². The van der Waals surface area contributed by atoms with Crippen LogP contribution in [0.5, 0.6) is 0 Å². The van der Waals surface area contributed by atoms with Gasteiger partial charge in [-0.3, -0.25) is 4.55 Å². The molecule has 1 aliphatic rings. The Morgan fingerprint density at radius 3 is 2.58 bits per heavy atom. The third-order valence-electron chi connectivity index (χ3n) is 4.13. The van der Waals surface area contributed by atoms with E-state index in [0.29, 0.717) is 13.0 Å². The maximum Gasteiger partial charge on any atom is 0.265 e. The fraction of sp³-hybridized carbons (Fsp3) is 0.412. The molecule has 0 unspecified atom stereocenters. The number of rotatable bonds is 7. The Bertz CT molecular complexity index is 779. The summed E-state index contributed by atoms with van der Waals surface area (Å²) in [7, 11) is -3.94. The van der Waals surface area contributed by atoms with Gasteiger partial charge in [-0.1, -0.05) is 22.9 Å². The van der Waals surface area contributed by atoms with Gasteiger partial charge in [0.05, 0.1) is 16.9 Å². The lowest BCUT2D eigenvalue weighted by molar-refractivity contribution is -0.530. The molecule has 0 aliphatic carbocycles. The largest absolute Gasteiger partial charge is 0.361 e. The molecule has 7 heteroatoms. The molecule has 0 aromatic heterocycles. The van der Waals surface area contributed by atoms with Crippen LogP contribution in [0.4, 0.5) is 5.69 Å². The van der Waals surface area contributed by atoms with Gasteiger partial charge in [-0.15, -0.1) is 0 Å². The van der Waals surface area contributed by atoms with E-state index in [9.17, 15) is 8.42 Å². The fourth-order valence-corrected chi connectivity index (χ4v) is 2.97. The zero-order valence-corrected chi connectivity index (χ0v) is 15.0. The number of benzene rings is 1. The van der Waals surface area contributed by atoms with Crippen molar-refractivity contribution in [2.24, 2.45) is 10.5 Å². The first kappa shape index (κ1) is 18.4. The second-order valence-corrected chi connectivity index (χ2v) is 7.87. The number of hydrazone groups is 1. The summed E-state index contributed by atoms with van der Waals surface area (Å²) >= 11 is 0. The molecular weight excluding hydrogens is 326 g/mol. The van der Waals surface area contributed by atoms with E-state index >= 15 is 0 Å². The average Bonchev–Trinajstić information content (AvgIpc) is 2.70. The lowest BCUT2D eigenvalue weighted by Gasteiger charge is -2.13. The highest BCUT2D eigenvalue weighted by atomic mass is 32.2. The zero-order chi connectivity index (χ0) is 17.8. The van der Waals surface area contributed by atoms with Gasteiger partial charge in [0.1, 0.15) is 0 Å². The molecule has 1 aromatic carbocycles. The lowest BCUT2D eigenvalue weighted by atomic mass is 9.83. The Balaban J connectivity index is 2.13. The maximum absolute atomic E-state index is 10.9. The standard InChI is InChI=1S/C17H23N3O3S/c1-14-17(2,3)16(10-11-18-15-8-5-4-6-9-15)20(19-14)12-7-13-24(21,22)23/h4-6,8-11H,7,12-13H2,1-3H3,(H,21,22,23)/p+1. The van der Waals surface area contributed by atoms with Crippen molar-refractivity contribution in [3.05, 3.63) is 42.6 Å². The molecule has 1 heterocycles.